The summed E-state index contributed by atoms with van der Waals surface area (Å²) in [5.41, 5.74) is 4.78. The summed E-state index contributed by atoms with van der Waals surface area (Å²) in [7, 11) is 1.62. The largest absolute Gasteiger partial charge is 0.490 e. The van der Waals surface area contributed by atoms with Crippen molar-refractivity contribution in [2.75, 3.05) is 40.0 Å². The SMILES string of the molecule is COCCOc1cc(F)ccc1-c1c(-c2nc3c(s2)CN(C=CC=O)CC3)nc(C2CCN(C(C)C)CC2)c2ccsc12. The van der Waals surface area contributed by atoms with Gasteiger partial charge < -0.3 is 19.3 Å². The molecule has 0 atom stereocenters. The molecule has 0 aliphatic carbocycles. The van der Waals surface area contributed by atoms with Gasteiger partial charge in [-0.15, -0.1) is 22.7 Å². The van der Waals surface area contributed by atoms with Crippen molar-refractivity contribution in [1.82, 2.24) is 19.8 Å². The molecule has 7 nitrogen and oxygen atoms in total. The number of pyridine rings is 1. The zero-order chi connectivity index (χ0) is 29.9. The third kappa shape index (κ3) is 6.24. The monoisotopic (exact) mass is 620 g/mol. The fourth-order valence-corrected chi connectivity index (χ4v) is 8.21. The normalized spacial score (nSPS) is 16.4. The molecule has 2 aliphatic heterocycles. The molecule has 1 fully saturated rings. The lowest BCUT2D eigenvalue weighted by Crippen LogP contribution is -2.38. The topological polar surface area (TPSA) is 67.8 Å². The van der Waals surface area contributed by atoms with Crippen LogP contribution in [0.4, 0.5) is 4.39 Å². The highest BCUT2D eigenvalue weighted by molar-refractivity contribution is 7.18. The van der Waals surface area contributed by atoms with Gasteiger partial charge in [0, 0.05) is 70.4 Å². The van der Waals surface area contributed by atoms with Gasteiger partial charge in [0.05, 0.1) is 24.5 Å². The fourth-order valence-electron chi connectivity index (χ4n) is 6.11. The van der Waals surface area contributed by atoms with Crippen molar-refractivity contribution in [3.8, 4) is 27.6 Å². The van der Waals surface area contributed by atoms with Crippen LogP contribution in [0.5, 0.6) is 5.75 Å². The first-order valence-electron chi connectivity index (χ1n) is 14.9. The molecule has 0 N–H and O–H groups in total. The lowest BCUT2D eigenvalue weighted by molar-refractivity contribution is -0.104. The number of aromatic nitrogens is 2. The Kier molecular flexibility index (Phi) is 9.18. The van der Waals surface area contributed by atoms with Crippen molar-refractivity contribution in [3.63, 3.8) is 0 Å². The Balaban J connectivity index is 1.50. The number of hydrogen-bond donors (Lipinski definition) is 0. The van der Waals surface area contributed by atoms with E-state index in [-0.39, 0.29) is 5.82 Å². The van der Waals surface area contributed by atoms with Gasteiger partial charge in [-0.25, -0.2) is 14.4 Å². The molecule has 6 rings (SSSR count). The predicted octanol–water partition coefficient (Wildman–Crippen LogP) is 6.91. The zero-order valence-corrected chi connectivity index (χ0v) is 26.5. The van der Waals surface area contributed by atoms with Gasteiger partial charge in [-0.2, -0.15) is 0 Å². The summed E-state index contributed by atoms with van der Waals surface area (Å²) in [6, 6.07) is 7.46. The highest BCUT2D eigenvalue weighted by atomic mass is 32.1. The molecule has 226 valence electrons. The number of piperidine rings is 1. The van der Waals surface area contributed by atoms with Crippen molar-refractivity contribution in [2.24, 2.45) is 0 Å². The number of methoxy groups -OCH3 is 1. The van der Waals surface area contributed by atoms with Crippen LogP contribution in [0.3, 0.4) is 0 Å². The summed E-state index contributed by atoms with van der Waals surface area (Å²) >= 11 is 3.35. The van der Waals surface area contributed by atoms with Crippen LogP contribution in [0.15, 0.2) is 41.9 Å². The number of allylic oxidation sites excluding steroid dienone is 1. The lowest BCUT2D eigenvalue weighted by atomic mass is 9.89. The number of rotatable bonds is 10. The van der Waals surface area contributed by atoms with Crippen LogP contribution in [0.1, 0.15) is 48.9 Å². The maximum Gasteiger partial charge on any atom is 0.144 e. The number of nitrogens with zero attached hydrogens (tertiary/aromatic N) is 4. The summed E-state index contributed by atoms with van der Waals surface area (Å²) < 4.78 is 27.0. The van der Waals surface area contributed by atoms with Gasteiger partial charge in [0.2, 0.25) is 0 Å². The number of thiazole rings is 1. The minimum atomic E-state index is -0.352. The van der Waals surface area contributed by atoms with Crippen LogP contribution in [-0.4, -0.2) is 72.1 Å². The minimum absolute atomic E-state index is 0.311. The van der Waals surface area contributed by atoms with E-state index in [1.54, 1.807) is 35.8 Å². The van der Waals surface area contributed by atoms with E-state index >= 15 is 0 Å². The summed E-state index contributed by atoms with van der Waals surface area (Å²) in [5, 5.41) is 4.15. The lowest BCUT2D eigenvalue weighted by Gasteiger charge is -2.34. The number of likely N-dealkylation sites (tertiary alicyclic amines) is 1. The van der Waals surface area contributed by atoms with Crippen LogP contribution in [0.25, 0.3) is 31.9 Å². The maximum atomic E-state index is 14.6. The molecule has 0 radical (unpaired) electrons. The van der Waals surface area contributed by atoms with Crippen LogP contribution in [0, 0.1) is 5.82 Å². The van der Waals surface area contributed by atoms with E-state index in [9.17, 15) is 9.18 Å². The molecule has 0 bridgehead atoms. The van der Waals surface area contributed by atoms with Crippen LogP contribution in [0.2, 0.25) is 0 Å². The van der Waals surface area contributed by atoms with E-state index in [4.69, 9.17) is 19.4 Å². The predicted molar refractivity (Wildman–Crippen MR) is 171 cm³/mol. The highest BCUT2D eigenvalue weighted by Gasteiger charge is 2.30. The van der Waals surface area contributed by atoms with E-state index in [1.807, 2.05) is 6.20 Å². The first kappa shape index (κ1) is 29.9. The van der Waals surface area contributed by atoms with Crippen LogP contribution in [-0.2, 0) is 22.5 Å². The number of fused-ring (bicyclic) bond motifs is 2. The molecule has 4 aromatic rings. The first-order chi connectivity index (χ1) is 21.0. The Hall–Kier alpha value is -3.18. The van der Waals surface area contributed by atoms with Gasteiger partial charge in [0.1, 0.15) is 35.2 Å². The molecule has 5 heterocycles. The standard InChI is InChI=1S/C33H37FN4O3S2/c1-21(2)38-13-7-22(8-14-38)30-25-10-18-42-32(25)29(24-6-5-23(34)19-27(24)41-17-16-40-3)31(36-30)33-35-26-9-12-37(11-4-15-39)20-28(26)43-33/h4-6,10-11,15,18-19,21-22H,7-9,12-14,16-17,20H2,1-3H3. The molecule has 0 unspecified atom stereocenters. The van der Waals surface area contributed by atoms with E-state index in [2.05, 4.69) is 35.1 Å². The first-order valence-corrected chi connectivity index (χ1v) is 16.6. The molecule has 0 amide bonds. The van der Waals surface area contributed by atoms with Crippen molar-refractivity contribution < 1.29 is 18.7 Å². The number of ether oxygens (including phenoxy) is 2. The number of hydrogen-bond acceptors (Lipinski definition) is 9. The molecule has 43 heavy (non-hydrogen) atoms. The van der Waals surface area contributed by atoms with Gasteiger partial charge >= 0.3 is 0 Å². The average molecular weight is 621 g/mol. The van der Waals surface area contributed by atoms with E-state index in [1.165, 1.54) is 23.1 Å². The number of benzene rings is 1. The number of carbonyl (C=O) groups is 1. The Morgan fingerprint density at radius 2 is 1.98 bits per heavy atom. The summed E-state index contributed by atoms with van der Waals surface area (Å²) in [6.45, 7) is 8.85. The second-order valence-corrected chi connectivity index (χ2v) is 13.4. The van der Waals surface area contributed by atoms with Crippen LogP contribution >= 0.6 is 22.7 Å². The second-order valence-electron chi connectivity index (χ2n) is 11.4. The molecule has 0 saturated carbocycles. The van der Waals surface area contributed by atoms with Gasteiger partial charge in [-0.1, -0.05) is 0 Å². The van der Waals surface area contributed by atoms with Crippen molar-refractivity contribution in [2.45, 2.75) is 51.6 Å². The second kappa shape index (κ2) is 13.2. The van der Waals surface area contributed by atoms with Crippen molar-refractivity contribution in [3.05, 3.63) is 64.0 Å². The molecule has 2 aliphatic rings. The molecule has 3 aromatic heterocycles. The molecule has 1 saturated heterocycles. The van der Waals surface area contributed by atoms with E-state index < -0.39 is 0 Å². The van der Waals surface area contributed by atoms with Gasteiger partial charge in [-0.05, 0) is 69.4 Å². The van der Waals surface area contributed by atoms with Gasteiger partial charge in [0.15, 0.2) is 0 Å². The van der Waals surface area contributed by atoms with Crippen molar-refractivity contribution in [1.29, 1.82) is 0 Å². The van der Waals surface area contributed by atoms with Crippen LogP contribution < -0.4 is 4.74 Å². The molecule has 1 aromatic carbocycles. The summed E-state index contributed by atoms with van der Waals surface area (Å²) in [6.07, 6.45) is 7.11. The molecular formula is C33H37FN4O3S2. The Bertz CT molecular complexity index is 1620. The summed E-state index contributed by atoms with van der Waals surface area (Å²) in [5.74, 6) is 0.471. The maximum absolute atomic E-state index is 14.6. The highest BCUT2D eigenvalue weighted by Crippen LogP contribution is 2.47. The zero-order valence-electron chi connectivity index (χ0n) is 24.8. The number of carbonyl (C=O) groups excluding carboxylic acids is 1. The number of thiophene rings is 1. The quantitative estimate of drug-likeness (QED) is 0.108. The third-order valence-electron chi connectivity index (χ3n) is 8.38. The van der Waals surface area contributed by atoms with Gasteiger partial charge in [0.25, 0.3) is 0 Å². The minimum Gasteiger partial charge on any atom is -0.490 e. The molecular weight excluding hydrogens is 584 g/mol. The third-order valence-corrected chi connectivity index (χ3v) is 10.4. The smallest absolute Gasteiger partial charge is 0.144 e. The van der Waals surface area contributed by atoms with E-state index in [0.29, 0.717) is 37.5 Å². The number of aldehydes is 1. The average Bonchev–Trinajstić information content (AvgIpc) is 3.67. The Morgan fingerprint density at radius 1 is 1.14 bits per heavy atom. The fraction of sp³-hybridized carbons (Fsp3) is 0.424. The Labute approximate surface area is 260 Å². The number of halogens is 1. The molecule has 0 spiro atoms. The van der Waals surface area contributed by atoms with Crippen molar-refractivity contribution >= 4 is 39.0 Å². The van der Waals surface area contributed by atoms with Gasteiger partial charge in [-0.3, -0.25) is 4.79 Å². The van der Waals surface area contributed by atoms with E-state index in [0.717, 1.165) is 88.5 Å². The molecule has 10 heteroatoms. The Morgan fingerprint density at radius 3 is 2.74 bits per heavy atom. The summed E-state index contributed by atoms with van der Waals surface area (Å²) in [4.78, 5) is 27.4.